The number of ether oxygens (including phenoxy) is 1. The first-order valence-corrected chi connectivity index (χ1v) is 15.7. The van der Waals surface area contributed by atoms with Crippen molar-refractivity contribution < 1.29 is 43.1 Å². The number of fused-ring (bicyclic) bond motifs is 2. The zero-order valence-electron chi connectivity index (χ0n) is 26.3. The predicted molar refractivity (Wildman–Crippen MR) is 164 cm³/mol. The van der Waals surface area contributed by atoms with Crippen LogP contribution in [0.3, 0.4) is 0 Å². The smallest absolute Gasteiger partial charge is 0.306 e. The van der Waals surface area contributed by atoms with Crippen molar-refractivity contribution in [3.8, 4) is 0 Å². The van der Waals surface area contributed by atoms with Crippen LogP contribution in [0.4, 0.5) is 0 Å². The van der Waals surface area contributed by atoms with Gasteiger partial charge in [-0.1, -0.05) is 30.3 Å². The van der Waals surface area contributed by atoms with Crippen LogP contribution in [0, 0.1) is 0 Å². The van der Waals surface area contributed by atoms with E-state index >= 15 is 0 Å². The first-order chi connectivity index (χ1) is 22.5. The second-order valence-corrected chi connectivity index (χ2v) is 11.7. The second-order valence-electron chi connectivity index (χ2n) is 11.7. The number of nitrogens with zero attached hydrogens (tertiary/aromatic N) is 2. The van der Waals surface area contributed by atoms with Gasteiger partial charge in [-0.15, -0.1) is 0 Å². The van der Waals surface area contributed by atoms with Gasteiger partial charge in [0.15, 0.2) is 0 Å². The molecule has 0 unspecified atom stereocenters. The molecule has 0 aliphatic carbocycles. The van der Waals surface area contributed by atoms with Crippen LogP contribution >= 0.6 is 0 Å². The van der Waals surface area contributed by atoms with Gasteiger partial charge in [0.05, 0.1) is 19.6 Å². The van der Waals surface area contributed by atoms with Crippen molar-refractivity contribution in [1.29, 1.82) is 0 Å². The standard InChI is InChI=1S/C31H41N7O9/c1-19-28(43)32-16-25(40)36-21(11-12-27(42)47-18-20-7-3-2-4-8-20)31(46)38-14-6-10-23(38)30(45)34-17-26(41)37-13-5-9-22(37)29(44)33-15-24(39)35-19/h2-4,7-8,19,21-23H,5-6,9-18H2,1H3,(H,32,43)(H,33,44)(H,34,45)(H,35,39)(H,36,40)/t19-,21-,22-,23-/m0/s1. The van der Waals surface area contributed by atoms with Crippen molar-refractivity contribution in [1.82, 2.24) is 36.4 Å². The summed E-state index contributed by atoms with van der Waals surface area (Å²) in [5.41, 5.74) is 0.775. The lowest BCUT2D eigenvalue weighted by Crippen LogP contribution is -2.55. The molecule has 5 N–H and O–H groups in total. The van der Waals surface area contributed by atoms with E-state index in [1.165, 1.54) is 16.7 Å². The van der Waals surface area contributed by atoms with Crippen molar-refractivity contribution in [2.24, 2.45) is 0 Å². The maximum absolute atomic E-state index is 13.8. The van der Waals surface area contributed by atoms with E-state index < -0.39 is 91.1 Å². The minimum absolute atomic E-state index is 0.0287. The topological polar surface area (TPSA) is 212 Å². The molecule has 1 aromatic carbocycles. The molecule has 0 aromatic heterocycles. The fraction of sp³-hybridized carbons (Fsp3) is 0.548. The van der Waals surface area contributed by atoms with Crippen molar-refractivity contribution in [2.45, 2.75) is 76.2 Å². The molecular formula is C31H41N7O9. The van der Waals surface area contributed by atoms with Crippen molar-refractivity contribution in [3.63, 3.8) is 0 Å². The van der Waals surface area contributed by atoms with E-state index in [9.17, 15) is 38.4 Å². The van der Waals surface area contributed by atoms with E-state index in [0.29, 0.717) is 32.2 Å². The molecule has 0 bridgehead atoms. The number of carbonyl (C=O) groups excluding carboxylic acids is 8. The Kier molecular flexibility index (Phi) is 12.2. The number of nitrogens with one attached hydrogen (secondary N) is 5. The molecular weight excluding hydrogens is 614 g/mol. The molecule has 3 saturated heterocycles. The monoisotopic (exact) mass is 655 g/mol. The number of benzene rings is 1. The Morgan fingerprint density at radius 3 is 2.02 bits per heavy atom. The van der Waals surface area contributed by atoms with Crippen molar-refractivity contribution in [3.05, 3.63) is 35.9 Å². The molecule has 3 aliphatic heterocycles. The second kappa shape index (κ2) is 16.5. The van der Waals surface area contributed by atoms with Gasteiger partial charge >= 0.3 is 5.97 Å². The Morgan fingerprint density at radius 1 is 0.766 bits per heavy atom. The van der Waals surface area contributed by atoms with E-state index in [2.05, 4.69) is 26.6 Å². The summed E-state index contributed by atoms with van der Waals surface area (Å²) >= 11 is 0. The molecule has 4 rings (SSSR count). The van der Waals surface area contributed by atoms with Gasteiger partial charge in [-0.05, 0) is 44.6 Å². The Labute approximate surface area is 271 Å². The summed E-state index contributed by atoms with van der Waals surface area (Å²) in [7, 11) is 0. The summed E-state index contributed by atoms with van der Waals surface area (Å²) in [6.07, 6.45) is 1.38. The molecule has 16 heteroatoms. The predicted octanol–water partition coefficient (Wildman–Crippen LogP) is -2.16. The van der Waals surface area contributed by atoms with E-state index in [1.807, 2.05) is 6.07 Å². The number of hydrogen-bond donors (Lipinski definition) is 5. The lowest BCUT2D eigenvalue weighted by molar-refractivity contribution is -0.146. The molecule has 3 aliphatic rings. The zero-order chi connectivity index (χ0) is 33.9. The number of rotatable bonds is 5. The highest BCUT2D eigenvalue weighted by atomic mass is 16.5. The Hall–Kier alpha value is -5.02. The van der Waals surface area contributed by atoms with Crippen LogP contribution in [0.5, 0.6) is 0 Å². The minimum Gasteiger partial charge on any atom is -0.461 e. The lowest BCUT2D eigenvalue weighted by atomic mass is 10.1. The zero-order valence-corrected chi connectivity index (χ0v) is 26.3. The molecule has 0 radical (unpaired) electrons. The highest BCUT2D eigenvalue weighted by molar-refractivity contribution is 5.97. The number of hydrogen-bond acceptors (Lipinski definition) is 9. The van der Waals surface area contributed by atoms with E-state index in [4.69, 9.17) is 4.74 Å². The highest BCUT2D eigenvalue weighted by Crippen LogP contribution is 2.21. The number of carbonyl (C=O) groups is 8. The molecule has 0 saturated carbocycles. The first-order valence-electron chi connectivity index (χ1n) is 15.7. The lowest BCUT2D eigenvalue weighted by Gasteiger charge is -2.29. The highest BCUT2D eigenvalue weighted by Gasteiger charge is 2.39. The summed E-state index contributed by atoms with van der Waals surface area (Å²) < 4.78 is 5.32. The van der Waals surface area contributed by atoms with Crippen LogP contribution in [0.1, 0.15) is 51.0 Å². The molecule has 47 heavy (non-hydrogen) atoms. The quantitative estimate of drug-likeness (QED) is 0.218. The first kappa shape index (κ1) is 34.8. The van der Waals surface area contributed by atoms with Gasteiger partial charge in [0.2, 0.25) is 41.4 Å². The van der Waals surface area contributed by atoms with Gasteiger partial charge in [-0.2, -0.15) is 0 Å². The van der Waals surface area contributed by atoms with Gasteiger partial charge in [-0.3, -0.25) is 38.4 Å². The summed E-state index contributed by atoms with van der Waals surface area (Å²) in [6.45, 7) is 0.534. The van der Waals surface area contributed by atoms with Crippen LogP contribution in [0.15, 0.2) is 30.3 Å². The largest absolute Gasteiger partial charge is 0.461 e. The maximum Gasteiger partial charge on any atom is 0.306 e. The third-order valence-corrected chi connectivity index (χ3v) is 8.26. The maximum atomic E-state index is 13.8. The summed E-state index contributed by atoms with van der Waals surface area (Å²) in [5, 5.41) is 12.4. The van der Waals surface area contributed by atoms with E-state index in [1.54, 1.807) is 24.3 Å². The molecule has 254 valence electrons. The van der Waals surface area contributed by atoms with Crippen LogP contribution in [-0.2, 0) is 49.7 Å². The fourth-order valence-electron chi connectivity index (χ4n) is 5.76. The minimum atomic E-state index is -1.23. The van der Waals surface area contributed by atoms with Crippen LogP contribution < -0.4 is 26.6 Å². The van der Waals surface area contributed by atoms with Crippen molar-refractivity contribution in [2.75, 3.05) is 32.7 Å². The van der Waals surface area contributed by atoms with Crippen molar-refractivity contribution >= 4 is 47.3 Å². The Morgan fingerprint density at radius 2 is 1.34 bits per heavy atom. The third kappa shape index (κ3) is 9.73. The molecule has 1 aromatic rings. The van der Waals surface area contributed by atoms with Gasteiger partial charge in [0.25, 0.3) is 0 Å². The molecule has 7 amide bonds. The summed E-state index contributed by atoms with van der Waals surface area (Å²) in [4.78, 5) is 106. The number of esters is 1. The molecule has 16 nitrogen and oxygen atoms in total. The van der Waals surface area contributed by atoms with Gasteiger partial charge in [0.1, 0.15) is 30.8 Å². The molecule has 3 heterocycles. The van der Waals surface area contributed by atoms with Gasteiger partial charge in [0, 0.05) is 19.5 Å². The fourth-order valence-corrected chi connectivity index (χ4v) is 5.76. The van der Waals surface area contributed by atoms with E-state index in [0.717, 1.165) is 5.56 Å². The summed E-state index contributed by atoms with van der Waals surface area (Å²) in [6, 6.07) is 4.97. The molecule has 4 atom stereocenters. The molecule has 3 fully saturated rings. The van der Waals surface area contributed by atoms with Crippen LogP contribution in [0.25, 0.3) is 0 Å². The van der Waals surface area contributed by atoms with E-state index in [-0.39, 0.29) is 26.0 Å². The summed E-state index contributed by atoms with van der Waals surface area (Å²) in [5.74, 6) is -4.90. The van der Waals surface area contributed by atoms with Gasteiger partial charge in [-0.25, -0.2) is 0 Å². The van der Waals surface area contributed by atoms with Gasteiger partial charge < -0.3 is 41.1 Å². The SMILES string of the molecule is C[C@@H]1NC(=O)CNC(=O)[C@@H]2CCCN2C(=O)CNC(=O)[C@@H]2CCCN2C(=O)[C@H](CCC(=O)OCc2ccccc2)NC(=O)CNC1=O. The van der Waals surface area contributed by atoms with Crippen LogP contribution in [-0.4, -0.2) is 114 Å². The Bertz CT molecular complexity index is 1370. The van der Waals surface area contributed by atoms with Crippen LogP contribution in [0.2, 0.25) is 0 Å². The Balaban J connectivity index is 1.48. The molecule has 0 spiro atoms. The number of amides is 7. The third-order valence-electron chi connectivity index (χ3n) is 8.26. The average molecular weight is 656 g/mol. The average Bonchev–Trinajstić information content (AvgIpc) is 3.76. The normalized spacial score (nSPS) is 25.3.